The number of H-pyrrole nitrogens is 1. The molecular weight excluding hydrogens is 400 g/mol. The van der Waals surface area contributed by atoms with Crippen LogP contribution in [0.2, 0.25) is 0 Å². The number of nitrogens with one attached hydrogen (secondary N) is 2. The van der Waals surface area contributed by atoms with Crippen molar-refractivity contribution in [1.82, 2.24) is 9.88 Å². The van der Waals surface area contributed by atoms with Crippen LogP contribution in [0, 0.1) is 10.1 Å². The molecule has 0 atom stereocenters. The number of hydrogen-bond donors (Lipinski definition) is 2. The Morgan fingerprint density at radius 3 is 2.61 bits per heavy atom. The summed E-state index contributed by atoms with van der Waals surface area (Å²) in [6.45, 7) is 7.34. The van der Waals surface area contributed by atoms with Crippen LogP contribution in [0.1, 0.15) is 24.2 Å². The van der Waals surface area contributed by atoms with Crippen molar-refractivity contribution in [3.05, 3.63) is 58.3 Å². The number of carbonyl (C=O) groups is 1. The molecule has 3 aromatic rings. The summed E-state index contributed by atoms with van der Waals surface area (Å²) in [6.07, 6.45) is 1.54. The lowest BCUT2D eigenvalue weighted by Crippen LogP contribution is -2.28. The first-order valence-corrected chi connectivity index (χ1v) is 10.1. The van der Waals surface area contributed by atoms with Crippen molar-refractivity contribution in [1.29, 1.82) is 0 Å². The fourth-order valence-corrected chi connectivity index (χ4v) is 3.30. The molecule has 0 aliphatic heterocycles. The third-order valence-electron chi connectivity index (χ3n) is 5.10. The van der Waals surface area contributed by atoms with Gasteiger partial charge in [0, 0.05) is 47.5 Å². The maximum Gasteiger partial charge on any atom is 0.270 e. The van der Waals surface area contributed by atoms with E-state index in [4.69, 9.17) is 9.47 Å². The van der Waals surface area contributed by atoms with E-state index >= 15 is 0 Å². The van der Waals surface area contributed by atoms with Crippen LogP contribution in [0.5, 0.6) is 11.5 Å². The molecule has 9 heteroatoms. The number of methoxy groups -OCH3 is 1. The van der Waals surface area contributed by atoms with Crippen LogP contribution < -0.4 is 14.8 Å². The molecule has 0 saturated heterocycles. The number of rotatable bonds is 10. The molecule has 0 saturated carbocycles. The van der Waals surface area contributed by atoms with Crippen molar-refractivity contribution in [3.63, 3.8) is 0 Å². The fraction of sp³-hybridized carbons (Fsp3) is 0.318. The molecule has 2 N–H and O–H groups in total. The third-order valence-corrected chi connectivity index (χ3v) is 5.10. The number of hydrogen-bond acceptors (Lipinski definition) is 6. The average molecular weight is 426 g/mol. The number of nitrogens with zero attached hydrogens (tertiary/aromatic N) is 2. The maximum absolute atomic E-state index is 12.8. The van der Waals surface area contributed by atoms with Crippen molar-refractivity contribution < 1.29 is 19.2 Å². The summed E-state index contributed by atoms with van der Waals surface area (Å²) >= 11 is 0. The number of benzene rings is 2. The summed E-state index contributed by atoms with van der Waals surface area (Å²) in [6, 6.07) is 9.51. The second-order valence-electron chi connectivity index (χ2n) is 6.88. The van der Waals surface area contributed by atoms with E-state index in [9.17, 15) is 14.9 Å². The van der Waals surface area contributed by atoms with Gasteiger partial charge < -0.3 is 24.7 Å². The van der Waals surface area contributed by atoms with Crippen LogP contribution in [0.25, 0.3) is 10.9 Å². The number of carbonyl (C=O) groups excluding carboxylic acids is 1. The van der Waals surface area contributed by atoms with Gasteiger partial charge in [-0.1, -0.05) is 13.8 Å². The van der Waals surface area contributed by atoms with Gasteiger partial charge in [0.15, 0.2) is 11.5 Å². The van der Waals surface area contributed by atoms with Gasteiger partial charge in [0.05, 0.1) is 17.6 Å². The minimum absolute atomic E-state index is 0.0745. The fourth-order valence-electron chi connectivity index (χ4n) is 3.30. The van der Waals surface area contributed by atoms with Gasteiger partial charge >= 0.3 is 0 Å². The largest absolute Gasteiger partial charge is 0.493 e. The molecule has 3 rings (SSSR count). The standard InChI is InChI=1S/C22H26N4O5/c1-4-25(5-2)10-11-31-21-12-15(6-9-20(21)30-3)24-22(27)18-14-23-19-8-7-16(26(28)29)13-17(18)19/h6-9,12-14,23H,4-5,10-11H2,1-3H3,(H,24,27). The molecule has 164 valence electrons. The van der Waals surface area contributed by atoms with Crippen molar-refractivity contribution in [3.8, 4) is 11.5 Å². The van der Waals surface area contributed by atoms with E-state index in [1.165, 1.54) is 18.3 Å². The quantitative estimate of drug-likeness (QED) is 0.374. The Balaban J connectivity index is 1.77. The Kier molecular flexibility index (Phi) is 7.09. The van der Waals surface area contributed by atoms with E-state index in [0.29, 0.717) is 40.3 Å². The van der Waals surface area contributed by atoms with Crippen molar-refractivity contribution in [2.24, 2.45) is 0 Å². The number of aromatic nitrogens is 1. The highest BCUT2D eigenvalue weighted by Gasteiger charge is 2.16. The Morgan fingerprint density at radius 1 is 1.16 bits per heavy atom. The second-order valence-corrected chi connectivity index (χ2v) is 6.88. The summed E-state index contributed by atoms with van der Waals surface area (Å²) in [5.41, 5.74) is 1.42. The minimum Gasteiger partial charge on any atom is -0.493 e. The molecule has 0 aliphatic rings. The lowest BCUT2D eigenvalue weighted by molar-refractivity contribution is -0.384. The van der Waals surface area contributed by atoms with Crippen molar-refractivity contribution >= 4 is 28.2 Å². The number of nitro groups is 1. The molecule has 0 radical (unpaired) electrons. The number of aromatic amines is 1. The topological polar surface area (TPSA) is 110 Å². The molecule has 9 nitrogen and oxygen atoms in total. The number of nitro benzene ring substituents is 1. The lowest BCUT2D eigenvalue weighted by Gasteiger charge is -2.19. The predicted molar refractivity (Wildman–Crippen MR) is 119 cm³/mol. The van der Waals surface area contributed by atoms with Crippen LogP contribution >= 0.6 is 0 Å². The number of anilines is 1. The molecular formula is C22H26N4O5. The predicted octanol–water partition coefficient (Wildman–Crippen LogP) is 4.06. The first kappa shape index (κ1) is 22.1. The Bertz CT molecular complexity index is 1070. The molecule has 0 bridgehead atoms. The molecule has 31 heavy (non-hydrogen) atoms. The van der Waals surface area contributed by atoms with Gasteiger partial charge in [-0.25, -0.2) is 0 Å². The maximum atomic E-state index is 12.8. The highest BCUT2D eigenvalue weighted by atomic mass is 16.6. The van der Waals surface area contributed by atoms with Crippen LogP contribution in [0.15, 0.2) is 42.6 Å². The highest BCUT2D eigenvalue weighted by molar-refractivity contribution is 6.13. The summed E-state index contributed by atoms with van der Waals surface area (Å²) in [5.74, 6) is 0.716. The number of amides is 1. The number of likely N-dealkylation sites (N-methyl/N-ethyl adjacent to an activating group) is 1. The molecule has 2 aromatic carbocycles. The first-order chi connectivity index (χ1) is 15.0. The summed E-state index contributed by atoms with van der Waals surface area (Å²) in [4.78, 5) is 28.6. The second kappa shape index (κ2) is 9.94. The van der Waals surface area contributed by atoms with Crippen molar-refractivity contribution in [2.45, 2.75) is 13.8 Å². The van der Waals surface area contributed by atoms with E-state index in [2.05, 4.69) is 29.0 Å². The third kappa shape index (κ3) is 5.13. The average Bonchev–Trinajstić information content (AvgIpc) is 3.20. The molecule has 0 aliphatic carbocycles. The Hall–Kier alpha value is -3.59. The molecule has 1 amide bonds. The van der Waals surface area contributed by atoms with Gasteiger partial charge in [0.1, 0.15) is 6.61 Å². The first-order valence-electron chi connectivity index (χ1n) is 10.1. The van der Waals surface area contributed by atoms with E-state index < -0.39 is 4.92 Å². The molecule has 0 unspecified atom stereocenters. The van der Waals surface area contributed by atoms with E-state index in [0.717, 1.165) is 19.6 Å². The van der Waals surface area contributed by atoms with E-state index in [1.54, 1.807) is 31.4 Å². The van der Waals surface area contributed by atoms with Crippen LogP contribution in [0.3, 0.4) is 0 Å². The van der Waals surface area contributed by atoms with Crippen LogP contribution in [-0.2, 0) is 0 Å². The molecule has 1 heterocycles. The summed E-state index contributed by atoms with van der Waals surface area (Å²) < 4.78 is 11.2. The highest BCUT2D eigenvalue weighted by Crippen LogP contribution is 2.31. The van der Waals surface area contributed by atoms with E-state index in [-0.39, 0.29) is 11.6 Å². The monoisotopic (exact) mass is 426 g/mol. The van der Waals surface area contributed by atoms with Gasteiger partial charge in [0.25, 0.3) is 11.6 Å². The van der Waals surface area contributed by atoms with Gasteiger partial charge in [0.2, 0.25) is 0 Å². The van der Waals surface area contributed by atoms with E-state index in [1.807, 2.05) is 0 Å². The Morgan fingerprint density at radius 2 is 1.94 bits per heavy atom. The molecule has 1 aromatic heterocycles. The van der Waals surface area contributed by atoms with Crippen LogP contribution in [-0.4, -0.2) is 54.1 Å². The van der Waals surface area contributed by atoms with Gasteiger partial charge in [-0.2, -0.15) is 0 Å². The van der Waals surface area contributed by atoms with Crippen molar-refractivity contribution in [2.75, 3.05) is 38.7 Å². The van der Waals surface area contributed by atoms with Gasteiger partial charge in [-0.05, 0) is 31.3 Å². The SMILES string of the molecule is CCN(CC)CCOc1cc(NC(=O)c2c[nH]c3ccc([N+](=O)[O-])cc23)ccc1OC. The summed E-state index contributed by atoms with van der Waals surface area (Å²) in [5, 5.41) is 14.4. The zero-order valence-corrected chi connectivity index (χ0v) is 17.8. The number of fused-ring (bicyclic) bond motifs is 1. The Labute approximate surface area is 180 Å². The summed E-state index contributed by atoms with van der Waals surface area (Å²) in [7, 11) is 1.56. The zero-order chi connectivity index (χ0) is 22.4. The smallest absolute Gasteiger partial charge is 0.270 e. The van der Waals surface area contributed by atoms with Gasteiger partial charge in [-0.15, -0.1) is 0 Å². The zero-order valence-electron chi connectivity index (χ0n) is 17.8. The van der Waals surface area contributed by atoms with Crippen LogP contribution in [0.4, 0.5) is 11.4 Å². The number of ether oxygens (including phenoxy) is 2. The molecule has 0 spiro atoms. The normalized spacial score (nSPS) is 11.0. The molecule has 0 fully saturated rings. The number of non-ortho nitro benzene ring substituents is 1. The lowest BCUT2D eigenvalue weighted by atomic mass is 10.1. The van der Waals surface area contributed by atoms with Gasteiger partial charge in [-0.3, -0.25) is 14.9 Å². The minimum atomic E-state index is -0.487.